The van der Waals surface area contributed by atoms with E-state index < -0.39 is 0 Å². The maximum absolute atomic E-state index is 11.6. The lowest BCUT2D eigenvalue weighted by molar-refractivity contribution is -0.130. The van der Waals surface area contributed by atoms with E-state index in [-0.39, 0.29) is 18.3 Å². The summed E-state index contributed by atoms with van der Waals surface area (Å²) in [6.45, 7) is 2.11. The van der Waals surface area contributed by atoms with Gasteiger partial charge in [0.15, 0.2) is 0 Å². The normalized spacial score (nSPS) is 14.3. The molecule has 0 aromatic carbocycles. The van der Waals surface area contributed by atoms with Crippen LogP contribution in [0.1, 0.15) is 10.4 Å². The van der Waals surface area contributed by atoms with Crippen LogP contribution < -0.4 is 5.32 Å². The minimum atomic E-state index is 0. The summed E-state index contributed by atoms with van der Waals surface area (Å²) in [4.78, 5) is 14.9. The van der Waals surface area contributed by atoms with Crippen molar-refractivity contribution in [1.82, 2.24) is 10.2 Å². The van der Waals surface area contributed by atoms with Gasteiger partial charge in [-0.05, 0) is 30.5 Å². The van der Waals surface area contributed by atoms with Crippen molar-refractivity contribution in [1.29, 1.82) is 0 Å². The van der Waals surface area contributed by atoms with Crippen LogP contribution in [0.25, 0.3) is 0 Å². The SMILES string of the molecule is CNCC(=O)N1CCc2ccsc2C1.Cl. The molecule has 1 aromatic rings. The molecule has 1 aromatic heterocycles. The molecule has 1 aliphatic rings. The van der Waals surface area contributed by atoms with Gasteiger partial charge in [-0.3, -0.25) is 4.79 Å². The Bertz CT molecular complexity index is 340. The number of rotatable bonds is 2. The highest BCUT2D eigenvalue weighted by molar-refractivity contribution is 7.10. The van der Waals surface area contributed by atoms with E-state index in [0.717, 1.165) is 19.5 Å². The van der Waals surface area contributed by atoms with E-state index in [9.17, 15) is 4.79 Å². The largest absolute Gasteiger partial charge is 0.336 e. The standard InChI is InChI=1S/C10H14N2OS.ClH/c1-11-6-10(13)12-4-2-8-3-5-14-9(8)7-12;/h3,5,11H,2,4,6-7H2,1H3;1H. The average Bonchev–Trinajstić information content (AvgIpc) is 2.64. The Hall–Kier alpha value is -0.580. The third-order valence-electron chi connectivity index (χ3n) is 2.50. The van der Waals surface area contributed by atoms with Crippen LogP contribution in [0.5, 0.6) is 0 Å². The number of halogens is 1. The van der Waals surface area contributed by atoms with Crippen LogP contribution in [0.2, 0.25) is 0 Å². The fraction of sp³-hybridized carbons (Fsp3) is 0.500. The molecule has 0 radical (unpaired) electrons. The molecule has 1 aliphatic heterocycles. The first-order valence-electron chi connectivity index (χ1n) is 4.79. The molecule has 0 spiro atoms. The molecule has 0 unspecified atom stereocenters. The van der Waals surface area contributed by atoms with Crippen molar-refractivity contribution in [3.05, 3.63) is 21.9 Å². The van der Waals surface area contributed by atoms with Crippen molar-refractivity contribution in [2.24, 2.45) is 0 Å². The predicted octanol–water partition coefficient (Wildman–Crippen LogP) is 1.27. The van der Waals surface area contributed by atoms with Crippen molar-refractivity contribution in [3.63, 3.8) is 0 Å². The Morgan fingerprint density at radius 3 is 3.20 bits per heavy atom. The Labute approximate surface area is 99.9 Å². The predicted molar refractivity (Wildman–Crippen MR) is 64.6 cm³/mol. The summed E-state index contributed by atoms with van der Waals surface area (Å²) in [5, 5.41) is 5.00. The van der Waals surface area contributed by atoms with Gasteiger partial charge in [-0.1, -0.05) is 0 Å². The zero-order valence-corrected chi connectivity index (χ0v) is 10.3. The molecule has 2 rings (SSSR count). The summed E-state index contributed by atoms with van der Waals surface area (Å²) in [6.07, 6.45) is 1.01. The van der Waals surface area contributed by atoms with Gasteiger partial charge in [0.2, 0.25) is 5.91 Å². The average molecular weight is 247 g/mol. The zero-order valence-electron chi connectivity index (χ0n) is 8.66. The molecule has 15 heavy (non-hydrogen) atoms. The van der Waals surface area contributed by atoms with Crippen LogP contribution in [0.15, 0.2) is 11.4 Å². The van der Waals surface area contributed by atoms with Crippen LogP contribution in [0.4, 0.5) is 0 Å². The number of nitrogens with one attached hydrogen (secondary N) is 1. The first kappa shape index (κ1) is 12.5. The Morgan fingerprint density at radius 2 is 2.47 bits per heavy atom. The van der Waals surface area contributed by atoms with Gasteiger partial charge in [0.25, 0.3) is 0 Å². The number of carbonyl (C=O) groups excluding carboxylic acids is 1. The number of hydrogen-bond acceptors (Lipinski definition) is 3. The van der Waals surface area contributed by atoms with Crippen LogP contribution in [-0.2, 0) is 17.8 Å². The summed E-state index contributed by atoms with van der Waals surface area (Å²) >= 11 is 1.75. The van der Waals surface area contributed by atoms with E-state index in [2.05, 4.69) is 16.8 Å². The van der Waals surface area contributed by atoms with Crippen LogP contribution in [-0.4, -0.2) is 30.9 Å². The highest BCUT2D eigenvalue weighted by Gasteiger charge is 2.20. The zero-order chi connectivity index (χ0) is 9.97. The first-order valence-corrected chi connectivity index (χ1v) is 5.67. The molecule has 3 nitrogen and oxygen atoms in total. The van der Waals surface area contributed by atoms with E-state index in [1.807, 2.05) is 4.90 Å². The van der Waals surface area contributed by atoms with Crippen molar-refractivity contribution < 1.29 is 4.79 Å². The van der Waals surface area contributed by atoms with Crippen molar-refractivity contribution >= 4 is 29.7 Å². The van der Waals surface area contributed by atoms with E-state index in [1.54, 1.807) is 18.4 Å². The van der Waals surface area contributed by atoms with Crippen molar-refractivity contribution in [2.75, 3.05) is 20.1 Å². The van der Waals surface area contributed by atoms with Gasteiger partial charge in [0.1, 0.15) is 0 Å². The molecular formula is C10H15ClN2OS. The van der Waals surface area contributed by atoms with E-state index in [4.69, 9.17) is 0 Å². The van der Waals surface area contributed by atoms with Gasteiger partial charge in [0.05, 0.1) is 13.1 Å². The minimum Gasteiger partial charge on any atom is -0.336 e. The second kappa shape index (κ2) is 5.49. The van der Waals surface area contributed by atoms with Crippen LogP contribution in [0.3, 0.4) is 0 Å². The topological polar surface area (TPSA) is 32.3 Å². The third kappa shape index (κ3) is 2.71. The number of fused-ring (bicyclic) bond motifs is 1. The maximum atomic E-state index is 11.6. The number of likely N-dealkylation sites (N-methyl/N-ethyl adjacent to an activating group) is 1. The molecule has 5 heteroatoms. The van der Waals surface area contributed by atoms with Gasteiger partial charge in [-0.2, -0.15) is 0 Å². The molecule has 1 amide bonds. The van der Waals surface area contributed by atoms with Gasteiger partial charge >= 0.3 is 0 Å². The number of hydrogen-bond donors (Lipinski definition) is 1. The molecule has 0 aliphatic carbocycles. The number of nitrogens with zero attached hydrogens (tertiary/aromatic N) is 1. The number of carbonyl (C=O) groups is 1. The molecule has 0 atom stereocenters. The summed E-state index contributed by atoms with van der Waals surface area (Å²) in [5.74, 6) is 0.201. The third-order valence-corrected chi connectivity index (χ3v) is 3.45. The molecule has 2 heterocycles. The second-order valence-electron chi connectivity index (χ2n) is 3.46. The summed E-state index contributed by atoms with van der Waals surface area (Å²) < 4.78 is 0. The minimum absolute atomic E-state index is 0. The van der Waals surface area contributed by atoms with Gasteiger partial charge in [0, 0.05) is 11.4 Å². The fourth-order valence-corrected chi connectivity index (χ4v) is 2.66. The maximum Gasteiger partial charge on any atom is 0.236 e. The summed E-state index contributed by atoms with van der Waals surface area (Å²) in [7, 11) is 1.80. The van der Waals surface area contributed by atoms with Crippen molar-refractivity contribution in [3.8, 4) is 0 Å². The Morgan fingerprint density at radius 1 is 1.67 bits per heavy atom. The molecule has 0 bridgehead atoms. The molecule has 0 fully saturated rings. The van der Waals surface area contributed by atoms with Gasteiger partial charge < -0.3 is 10.2 Å². The first-order chi connectivity index (χ1) is 6.81. The highest BCUT2D eigenvalue weighted by Crippen LogP contribution is 2.23. The molecule has 0 saturated heterocycles. The van der Waals surface area contributed by atoms with E-state index >= 15 is 0 Å². The summed E-state index contributed by atoms with van der Waals surface area (Å²) in [5.41, 5.74) is 1.42. The molecular weight excluding hydrogens is 232 g/mol. The lowest BCUT2D eigenvalue weighted by Gasteiger charge is -2.26. The van der Waals surface area contributed by atoms with Crippen LogP contribution in [0, 0.1) is 0 Å². The molecule has 84 valence electrons. The number of thiophene rings is 1. The lowest BCUT2D eigenvalue weighted by Crippen LogP contribution is -2.39. The second-order valence-corrected chi connectivity index (χ2v) is 4.47. The quantitative estimate of drug-likeness (QED) is 0.853. The van der Waals surface area contributed by atoms with Crippen molar-refractivity contribution in [2.45, 2.75) is 13.0 Å². The monoisotopic (exact) mass is 246 g/mol. The fourth-order valence-electron chi connectivity index (χ4n) is 1.71. The van der Waals surface area contributed by atoms with Gasteiger partial charge in [-0.15, -0.1) is 23.7 Å². The molecule has 0 saturated carbocycles. The smallest absolute Gasteiger partial charge is 0.236 e. The number of amides is 1. The molecule has 1 N–H and O–H groups in total. The van der Waals surface area contributed by atoms with Crippen LogP contribution >= 0.6 is 23.7 Å². The Balaban J connectivity index is 0.00000112. The van der Waals surface area contributed by atoms with E-state index in [1.165, 1.54) is 10.4 Å². The summed E-state index contributed by atoms with van der Waals surface area (Å²) in [6, 6.07) is 2.17. The van der Waals surface area contributed by atoms with Gasteiger partial charge in [-0.25, -0.2) is 0 Å². The lowest BCUT2D eigenvalue weighted by atomic mass is 10.1. The van der Waals surface area contributed by atoms with E-state index in [0.29, 0.717) is 6.54 Å². The Kier molecular flexibility index (Phi) is 4.57. The highest BCUT2D eigenvalue weighted by atomic mass is 35.5.